The van der Waals surface area contributed by atoms with Crippen LogP contribution in [0.25, 0.3) is 0 Å². The molecule has 0 aliphatic carbocycles. The van der Waals surface area contributed by atoms with Gasteiger partial charge in [0, 0.05) is 12.7 Å². The maximum atomic E-state index is 13.2. The molecule has 3 N–H and O–H groups in total. The first-order valence-electron chi connectivity index (χ1n) is 5.69. The zero-order valence-corrected chi connectivity index (χ0v) is 11.2. The Bertz CT molecular complexity index is 576. The number of benzene rings is 1. The topological polar surface area (TPSA) is 54.2 Å². The molecule has 0 aliphatic rings. The fraction of sp³-hybridized carbons (Fsp3) is 0.154. The van der Waals surface area contributed by atoms with Crippen LogP contribution in [0.1, 0.15) is 5.69 Å². The highest BCUT2D eigenvalue weighted by atomic mass is 35.5. The van der Waals surface area contributed by atoms with Crippen LogP contribution in [-0.2, 0) is 6.54 Å². The summed E-state index contributed by atoms with van der Waals surface area (Å²) in [6.45, 7) is 0.456. The minimum absolute atomic E-state index is 0.277. The first kappa shape index (κ1) is 13.6. The third-order valence-corrected chi connectivity index (χ3v) is 3.05. The summed E-state index contributed by atoms with van der Waals surface area (Å²) in [6.07, 6.45) is 0. The van der Waals surface area contributed by atoms with Gasteiger partial charge in [-0.1, -0.05) is 17.7 Å². The summed E-state index contributed by atoms with van der Waals surface area (Å²) in [5, 5.41) is 0.544. The molecule has 1 aromatic carbocycles. The lowest BCUT2D eigenvalue weighted by atomic mass is 10.2. The Morgan fingerprint density at radius 3 is 2.84 bits per heavy atom. The van der Waals surface area contributed by atoms with Gasteiger partial charge in [-0.3, -0.25) is 0 Å². The van der Waals surface area contributed by atoms with E-state index in [-0.39, 0.29) is 5.82 Å². The van der Waals surface area contributed by atoms with E-state index < -0.39 is 0 Å². The molecule has 0 unspecified atom stereocenters. The molecule has 0 saturated heterocycles. The van der Waals surface area contributed by atoms with E-state index in [1.54, 1.807) is 18.2 Å². The van der Waals surface area contributed by atoms with Crippen LogP contribution in [0.4, 0.5) is 15.9 Å². The van der Waals surface area contributed by atoms with Crippen molar-refractivity contribution in [2.75, 3.05) is 17.4 Å². The number of anilines is 2. The largest absolute Gasteiger partial charge is 0.369 e. The molecule has 2 aromatic rings. The quantitative estimate of drug-likeness (QED) is 0.668. The normalized spacial score (nSPS) is 10.3. The number of hydrogen-bond donors (Lipinski definition) is 2. The van der Waals surface area contributed by atoms with Gasteiger partial charge in [-0.2, -0.15) is 0 Å². The maximum Gasteiger partial charge on any atom is 0.140 e. The number of rotatable bonds is 4. The zero-order valence-electron chi connectivity index (χ0n) is 10.4. The van der Waals surface area contributed by atoms with E-state index in [0.29, 0.717) is 23.1 Å². The second-order valence-corrected chi connectivity index (χ2v) is 4.51. The number of nitrogens with zero attached hydrogens (tertiary/aromatic N) is 2. The van der Waals surface area contributed by atoms with E-state index in [9.17, 15) is 4.39 Å². The van der Waals surface area contributed by atoms with Crippen molar-refractivity contribution in [1.82, 2.24) is 4.98 Å². The summed E-state index contributed by atoms with van der Waals surface area (Å²) in [4.78, 5) is 6.13. The highest BCUT2D eigenvalue weighted by Crippen LogP contribution is 2.21. The fourth-order valence-corrected chi connectivity index (χ4v) is 1.87. The third-order valence-electron chi connectivity index (χ3n) is 2.70. The van der Waals surface area contributed by atoms with E-state index in [1.807, 2.05) is 18.0 Å². The van der Waals surface area contributed by atoms with Crippen LogP contribution in [0.2, 0.25) is 5.02 Å². The van der Waals surface area contributed by atoms with Gasteiger partial charge < -0.3 is 10.3 Å². The maximum absolute atomic E-state index is 13.2. The Kier molecular flexibility index (Phi) is 4.19. The minimum atomic E-state index is -0.277. The molecule has 0 bridgehead atoms. The highest BCUT2D eigenvalue weighted by molar-refractivity contribution is 6.31. The number of hydrazine groups is 1. The fourth-order valence-electron chi connectivity index (χ4n) is 1.71. The third kappa shape index (κ3) is 3.33. The Morgan fingerprint density at radius 1 is 1.37 bits per heavy atom. The van der Waals surface area contributed by atoms with Gasteiger partial charge in [-0.15, -0.1) is 0 Å². The van der Waals surface area contributed by atoms with Gasteiger partial charge in [0.1, 0.15) is 11.6 Å². The smallest absolute Gasteiger partial charge is 0.140 e. The second-order valence-electron chi connectivity index (χ2n) is 4.11. The average molecular weight is 281 g/mol. The molecule has 0 spiro atoms. The van der Waals surface area contributed by atoms with Gasteiger partial charge in [-0.25, -0.2) is 15.2 Å². The van der Waals surface area contributed by atoms with Crippen molar-refractivity contribution in [2.45, 2.75) is 6.54 Å². The monoisotopic (exact) mass is 280 g/mol. The summed E-state index contributed by atoms with van der Waals surface area (Å²) in [5.74, 6) is 5.57. The number of nitrogens with one attached hydrogen (secondary N) is 1. The Morgan fingerprint density at radius 2 is 2.16 bits per heavy atom. The molecular weight excluding hydrogens is 267 g/mol. The predicted octanol–water partition coefficient (Wildman–Crippen LogP) is 2.80. The van der Waals surface area contributed by atoms with Gasteiger partial charge >= 0.3 is 0 Å². The first-order chi connectivity index (χ1) is 9.10. The zero-order chi connectivity index (χ0) is 13.8. The minimum Gasteiger partial charge on any atom is -0.369 e. The molecule has 0 saturated carbocycles. The highest BCUT2D eigenvalue weighted by Gasteiger charge is 2.08. The molecule has 4 nitrogen and oxygen atoms in total. The molecule has 19 heavy (non-hydrogen) atoms. The van der Waals surface area contributed by atoms with Crippen LogP contribution < -0.4 is 16.2 Å². The summed E-state index contributed by atoms with van der Waals surface area (Å²) >= 11 is 6.08. The summed E-state index contributed by atoms with van der Waals surface area (Å²) in [7, 11) is 1.84. The lowest BCUT2D eigenvalue weighted by Gasteiger charge is -2.19. The van der Waals surface area contributed by atoms with E-state index in [0.717, 1.165) is 5.69 Å². The molecular formula is C13H14ClFN4. The van der Waals surface area contributed by atoms with Crippen LogP contribution in [0, 0.1) is 5.82 Å². The molecule has 0 amide bonds. The van der Waals surface area contributed by atoms with Crippen molar-refractivity contribution in [3.05, 3.63) is 52.9 Å². The van der Waals surface area contributed by atoms with Gasteiger partial charge in [0.15, 0.2) is 0 Å². The van der Waals surface area contributed by atoms with Crippen LogP contribution in [0.3, 0.4) is 0 Å². The average Bonchev–Trinajstić information content (AvgIpc) is 2.41. The number of hydrogen-bond acceptors (Lipinski definition) is 4. The van der Waals surface area contributed by atoms with Crippen molar-refractivity contribution in [3.63, 3.8) is 0 Å². The van der Waals surface area contributed by atoms with E-state index in [2.05, 4.69) is 10.4 Å². The molecule has 0 radical (unpaired) electrons. The molecule has 0 aliphatic heterocycles. The predicted molar refractivity (Wildman–Crippen MR) is 75.6 cm³/mol. The van der Waals surface area contributed by atoms with Gasteiger partial charge in [0.2, 0.25) is 0 Å². The number of nitrogen functional groups attached to an aromatic ring is 1. The number of nitrogens with two attached hydrogens (primary N) is 1. The lowest BCUT2D eigenvalue weighted by Crippen LogP contribution is -2.18. The number of pyridine rings is 1. The van der Waals surface area contributed by atoms with Crippen molar-refractivity contribution in [2.24, 2.45) is 5.84 Å². The second kappa shape index (κ2) is 5.86. The van der Waals surface area contributed by atoms with Crippen LogP contribution in [-0.4, -0.2) is 12.0 Å². The number of aromatic nitrogens is 1. The van der Waals surface area contributed by atoms with Crippen LogP contribution in [0.5, 0.6) is 0 Å². The van der Waals surface area contributed by atoms with E-state index in [4.69, 9.17) is 17.4 Å². The van der Waals surface area contributed by atoms with Gasteiger partial charge in [0.05, 0.1) is 17.3 Å². The van der Waals surface area contributed by atoms with Crippen molar-refractivity contribution in [1.29, 1.82) is 0 Å². The summed E-state index contributed by atoms with van der Waals surface area (Å²) < 4.78 is 13.2. The molecule has 100 valence electrons. The van der Waals surface area contributed by atoms with Crippen molar-refractivity contribution in [3.8, 4) is 0 Å². The summed E-state index contributed by atoms with van der Waals surface area (Å²) in [6, 6.07) is 9.75. The van der Waals surface area contributed by atoms with Crippen LogP contribution in [0.15, 0.2) is 36.4 Å². The Hall–Kier alpha value is -1.85. The molecule has 1 heterocycles. The van der Waals surface area contributed by atoms with Crippen molar-refractivity contribution < 1.29 is 4.39 Å². The SMILES string of the molecule is CN(Cc1nc(NN)ccc1Cl)c1cccc(F)c1. The van der Waals surface area contributed by atoms with Crippen molar-refractivity contribution >= 4 is 23.1 Å². The molecule has 0 fully saturated rings. The van der Waals surface area contributed by atoms with E-state index >= 15 is 0 Å². The Labute approximate surface area is 116 Å². The first-order valence-corrected chi connectivity index (χ1v) is 6.06. The number of halogens is 2. The molecule has 0 atom stereocenters. The molecule has 2 rings (SSSR count). The Balaban J connectivity index is 2.21. The van der Waals surface area contributed by atoms with Gasteiger partial charge in [0.25, 0.3) is 0 Å². The molecule has 6 heteroatoms. The van der Waals surface area contributed by atoms with E-state index in [1.165, 1.54) is 12.1 Å². The standard InChI is InChI=1S/C13H14ClFN4/c1-19(10-4-2-3-9(15)7-10)8-12-11(14)5-6-13(17-12)18-16/h2-7H,8,16H2,1H3,(H,17,18). The molecule has 1 aromatic heterocycles. The summed E-state index contributed by atoms with van der Waals surface area (Å²) in [5.41, 5.74) is 3.89. The van der Waals surface area contributed by atoms with Crippen LogP contribution >= 0.6 is 11.6 Å². The lowest BCUT2D eigenvalue weighted by molar-refractivity contribution is 0.627. The van der Waals surface area contributed by atoms with Gasteiger partial charge in [-0.05, 0) is 30.3 Å².